The first-order valence-corrected chi connectivity index (χ1v) is 10.1. The van der Waals surface area contributed by atoms with Crippen LogP contribution in [0, 0.1) is 5.92 Å². The smallest absolute Gasteiger partial charge is 0.326 e. The van der Waals surface area contributed by atoms with Crippen molar-refractivity contribution >= 4 is 27.6 Å². The Morgan fingerprint density at radius 2 is 2.00 bits per heavy atom. The number of hydrogen-bond acceptors (Lipinski definition) is 4. The van der Waals surface area contributed by atoms with Gasteiger partial charge in [0.15, 0.2) is 0 Å². The van der Waals surface area contributed by atoms with E-state index in [1.54, 1.807) is 12.1 Å². The second-order valence-electron chi connectivity index (χ2n) is 6.78. The lowest BCUT2D eigenvalue weighted by Crippen LogP contribution is -2.41. The molecule has 0 fully saturated rings. The Bertz CT molecular complexity index is 773. The number of fused-ring (bicyclic) bond motifs is 1. The quantitative estimate of drug-likeness (QED) is 0.794. The maximum atomic E-state index is 12.4. The summed E-state index contributed by atoms with van der Waals surface area (Å²) in [6, 6.07) is 3.85. The second kappa shape index (κ2) is 7.43. The number of benzene rings is 1. The minimum atomic E-state index is -3.36. The van der Waals surface area contributed by atoms with E-state index < -0.39 is 27.9 Å². The number of sulfonamides is 1. The summed E-state index contributed by atoms with van der Waals surface area (Å²) < 4.78 is 25.1. The summed E-state index contributed by atoms with van der Waals surface area (Å²) in [6.45, 7) is 4.20. The third kappa shape index (κ3) is 4.72. The molecule has 1 aliphatic heterocycles. The number of carboxylic acid groups (broad SMARTS) is 1. The molecule has 138 valence electrons. The van der Waals surface area contributed by atoms with Gasteiger partial charge in [0.2, 0.25) is 10.0 Å². The van der Waals surface area contributed by atoms with E-state index in [0.717, 1.165) is 11.8 Å². The molecule has 0 saturated heterocycles. The van der Waals surface area contributed by atoms with Crippen molar-refractivity contribution in [1.29, 1.82) is 0 Å². The number of rotatable bonds is 6. The summed E-state index contributed by atoms with van der Waals surface area (Å²) in [5.74, 6) is -1.40. The lowest BCUT2D eigenvalue weighted by atomic mass is 9.99. The summed E-state index contributed by atoms with van der Waals surface area (Å²) in [7, 11) is -3.36. The molecular weight excluding hydrogens is 344 g/mol. The third-order valence-electron chi connectivity index (χ3n) is 4.13. The van der Waals surface area contributed by atoms with Gasteiger partial charge in [-0.2, -0.15) is 0 Å². The fourth-order valence-corrected chi connectivity index (χ4v) is 3.98. The van der Waals surface area contributed by atoms with Crippen LogP contribution in [0.4, 0.5) is 5.69 Å². The molecule has 2 N–H and O–H groups in total. The van der Waals surface area contributed by atoms with E-state index in [-0.39, 0.29) is 5.92 Å². The number of aliphatic carboxylic acids is 1. The highest BCUT2D eigenvalue weighted by molar-refractivity contribution is 7.92. The molecular formula is C17H24N2O5S. The third-order valence-corrected chi connectivity index (χ3v) is 5.31. The number of nitrogens with one attached hydrogen (secondary N) is 1. The Kier molecular flexibility index (Phi) is 5.72. The number of carbonyl (C=O) groups is 2. The highest BCUT2D eigenvalue weighted by Gasteiger charge is 2.26. The second-order valence-corrected chi connectivity index (χ2v) is 8.68. The predicted octanol–water partition coefficient (Wildman–Crippen LogP) is 1.63. The molecule has 1 amide bonds. The fraction of sp³-hybridized carbons (Fsp3) is 0.529. The SMILES string of the molecule is CC(C)C[C@H](NC(=O)c1ccc2c(c1)CCCN2S(C)(=O)=O)C(=O)O. The van der Waals surface area contributed by atoms with Crippen molar-refractivity contribution in [3.63, 3.8) is 0 Å². The molecule has 1 aromatic rings. The minimum absolute atomic E-state index is 0.133. The number of carboxylic acids is 1. The van der Waals surface area contributed by atoms with E-state index in [1.165, 1.54) is 10.4 Å². The van der Waals surface area contributed by atoms with Crippen molar-refractivity contribution in [3.05, 3.63) is 29.3 Å². The van der Waals surface area contributed by atoms with Crippen molar-refractivity contribution in [3.8, 4) is 0 Å². The molecule has 0 unspecified atom stereocenters. The van der Waals surface area contributed by atoms with Crippen LogP contribution in [0.3, 0.4) is 0 Å². The number of aryl methyl sites for hydroxylation is 1. The van der Waals surface area contributed by atoms with E-state index in [4.69, 9.17) is 0 Å². The van der Waals surface area contributed by atoms with Crippen LogP contribution in [-0.4, -0.2) is 44.2 Å². The monoisotopic (exact) mass is 368 g/mol. The zero-order valence-corrected chi connectivity index (χ0v) is 15.5. The van der Waals surface area contributed by atoms with Gasteiger partial charge in [-0.1, -0.05) is 13.8 Å². The van der Waals surface area contributed by atoms with Crippen LogP contribution in [0.15, 0.2) is 18.2 Å². The van der Waals surface area contributed by atoms with Gasteiger partial charge in [0.05, 0.1) is 11.9 Å². The predicted molar refractivity (Wildman–Crippen MR) is 95.3 cm³/mol. The van der Waals surface area contributed by atoms with Gasteiger partial charge in [0.1, 0.15) is 6.04 Å². The van der Waals surface area contributed by atoms with E-state index in [2.05, 4.69) is 5.32 Å². The molecule has 7 nitrogen and oxygen atoms in total. The van der Waals surface area contributed by atoms with Crippen LogP contribution in [0.2, 0.25) is 0 Å². The summed E-state index contributed by atoms with van der Waals surface area (Å²) in [4.78, 5) is 23.7. The molecule has 1 aromatic carbocycles. The molecule has 1 aliphatic rings. The van der Waals surface area contributed by atoms with Gasteiger partial charge in [0.25, 0.3) is 5.91 Å². The normalized spacial score (nSPS) is 15.6. The maximum Gasteiger partial charge on any atom is 0.326 e. The number of nitrogens with zero attached hydrogens (tertiary/aromatic N) is 1. The molecule has 0 radical (unpaired) electrons. The van der Waals surface area contributed by atoms with Gasteiger partial charge >= 0.3 is 5.97 Å². The molecule has 2 rings (SSSR count). The summed E-state index contributed by atoms with van der Waals surface area (Å²) in [6.07, 6.45) is 2.85. The molecule has 1 heterocycles. The molecule has 0 aliphatic carbocycles. The Morgan fingerprint density at radius 3 is 2.56 bits per heavy atom. The standard InChI is InChI=1S/C17H24N2O5S/c1-11(2)9-14(17(21)22)18-16(20)13-6-7-15-12(10-13)5-4-8-19(15)25(3,23)24/h6-7,10-11,14H,4-5,8-9H2,1-3H3,(H,18,20)(H,21,22)/t14-/m0/s1. The lowest BCUT2D eigenvalue weighted by molar-refractivity contribution is -0.139. The van der Waals surface area contributed by atoms with Crippen LogP contribution < -0.4 is 9.62 Å². The van der Waals surface area contributed by atoms with E-state index in [1.807, 2.05) is 13.8 Å². The van der Waals surface area contributed by atoms with Gasteiger partial charge < -0.3 is 10.4 Å². The first-order valence-electron chi connectivity index (χ1n) is 8.24. The largest absolute Gasteiger partial charge is 0.480 e. The average Bonchev–Trinajstić information content (AvgIpc) is 2.51. The Hall–Kier alpha value is -2.09. The van der Waals surface area contributed by atoms with Crippen LogP contribution in [0.5, 0.6) is 0 Å². The molecule has 0 spiro atoms. The number of amides is 1. The molecule has 0 aromatic heterocycles. The summed E-state index contributed by atoms with van der Waals surface area (Å²) in [5.41, 5.74) is 1.70. The van der Waals surface area contributed by atoms with E-state index >= 15 is 0 Å². The number of hydrogen-bond donors (Lipinski definition) is 2. The zero-order valence-electron chi connectivity index (χ0n) is 14.7. The van der Waals surface area contributed by atoms with Crippen molar-refractivity contribution in [2.45, 2.75) is 39.2 Å². The Morgan fingerprint density at radius 1 is 1.32 bits per heavy atom. The maximum absolute atomic E-state index is 12.4. The van der Waals surface area contributed by atoms with Crippen molar-refractivity contribution in [1.82, 2.24) is 5.32 Å². The van der Waals surface area contributed by atoms with Crippen LogP contribution in [0.1, 0.15) is 42.6 Å². The van der Waals surface area contributed by atoms with Crippen LogP contribution in [0.25, 0.3) is 0 Å². The van der Waals surface area contributed by atoms with Crippen molar-refractivity contribution in [2.24, 2.45) is 5.92 Å². The summed E-state index contributed by atoms with van der Waals surface area (Å²) in [5, 5.41) is 11.8. The van der Waals surface area contributed by atoms with Crippen LogP contribution >= 0.6 is 0 Å². The first kappa shape index (κ1) is 19.2. The van der Waals surface area contributed by atoms with E-state index in [0.29, 0.717) is 37.1 Å². The molecule has 1 atom stereocenters. The van der Waals surface area contributed by atoms with Gasteiger partial charge in [-0.3, -0.25) is 9.10 Å². The fourth-order valence-electron chi connectivity index (χ4n) is 2.98. The highest BCUT2D eigenvalue weighted by Crippen LogP contribution is 2.29. The molecule has 0 saturated carbocycles. The Balaban J connectivity index is 2.24. The zero-order chi connectivity index (χ0) is 18.8. The number of anilines is 1. The van der Waals surface area contributed by atoms with Crippen molar-refractivity contribution < 1.29 is 23.1 Å². The molecule has 8 heteroatoms. The minimum Gasteiger partial charge on any atom is -0.480 e. The van der Waals surface area contributed by atoms with Gasteiger partial charge in [0, 0.05) is 12.1 Å². The van der Waals surface area contributed by atoms with E-state index in [9.17, 15) is 23.1 Å². The average molecular weight is 368 g/mol. The molecule has 25 heavy (non-hydrogen) atoms. The lowest BCUT2D eigenvalue weighted by Gasteiger charge is -2.29. The van der Waals surface area contributed by atoms with Crippen molar-refractivity contribution in [2.75, 3.05) is 17.1 Å². The summed E-state index contributed by atoms with van der Waals surface area (Å²) >= 11 is 0. The highest BCUT2D eigenvalue weighted by atomic mass is 32.2. The first-order chi connectivity index (χ1) is 11.6. The van der Waals surface area contributed by atoms with Crippen LogP contribution in [-0.2, 0) is 21.2 Å². The Labute approximate surface area is 148 Å². The topological polar surface area (TPSA) is 104 Å². The number of carbonyl (C=O) groups excluding carboxylic acids is 1. The van der Waals surface area contributed by atoms with Gasteiger partial charge in [-0.25, -0.2) is 13.2 Å². The van der Waals surface area contributed by atoms with Gasteiger partial charge in [-0.15, -0.1) is 0 Å². The van der Waals surface area contributed by atoms with Gasteiger partial charge in [-0.05, 0) is 48.9 Å². The molecule has 0 bridgehead atoms.